The van der Waals surface area contributed by atoms with Gasteiger partial charge < -0.3 is 54.2 Å². The van der Waals surface area contributed by atoms with Crippen LogP contribution in [-0.2, 0) is 44.7 Å². The van der Waals surface area contributed by atoms with Crippen molar-refractivity contribution in [1.29, 1.82) is 0 Å². The average molecular weight is 766 g/mol. The average Bonchev–Trinajstić information content (AvgIpc) is 3.48. The zero-order valence-corrected chi connectivity index (χ0v) is 30.0. The lowest BCUT2D eigenvalue weighted by Gasteiger charge is -2.44. The fraction of sp³-hybridized carbons (Fsp3) is 0.410. The quantitative estimate of drug-likeness (QED) is 0.0866. The number of carboxylic acids is 3. The first-order valence-electron chi connectivity index (χ1n) is 17.6. The molecule has 3 aromatic rings. The summed E-state index contributed by atoms with van der Waals surface area (Å²) in [6.07, 6.45) is -5.76. The molecule has 5 atom stereocenters. The molecule has 1 amide bonds. The summed E-state index contributed by atoms with van der Waals surface area (Å²) in [6.45, 7) is 0.194. The van der Waals surface area contributed by atoms with Crippen molar-refractivity contribution in [2.45, 2.75) is 44.2 Å². The summed E-state index contributed by atoms with van der Waals surface area (Å²) < 4.78 is 33.6. The van der Waals surface area contributed by atoms with Gasteiger partial charge in [-0.1, -0.05) is 48.5 Å². The van der Waals surface area contributed by atoms with Crippen LogP contribution >= 0.6 is 0 Å². The molecule has 0 bridgehead atoms. The van der Waals surface area contributed by atoms with E-state index in [4.69, 9.17) is 28.4 Å². The number of aliphatic carboxylic acids is 3. The van der Waals surface area contributed by atoms with Gasteiger partial charge in [-0.25, -0.2) is 9.59 Å². The number of benzene rings is 3. The van der Waals surface area contributed by atoms with Crippen LogP contribution in [-0.4, -0.2) is 103 Å². The van der Waals surface area contributed by atoms with E-state index in [1.54, 1.807) is 6.07 Å². The number of alkyl carbamates (subject to hydrolysis) is 1. The van der Waals surface area contributed by atoms with Crippen LogP contribution in [0.15, 0.2) is 66.7 Å². The number of aliphatic hydroxyl groups excluding tert-OH is 1. The molecule has 1 heterocycles. The Bertz CT molecular complexity index is 1800. The van der Waals surface area contributed by atoms with Crippen molar-refractivity contribution < 1.29 is 72.8 Å². The molecule has 1 aliphatic heterocycles. The molecule has 0 aromatic heterocycles. The number of rotatable bonds is 19. The summed E-state index contributed by atoms with van der Waals surface area (Å²) >= 11 is 0. The molecule has 3 aromatic carbocycles. The van der Waals surface area contributed by atoms with Crippen LogP contribution in [0.5, 0.6) is 11.5 Å². The number of carbonyl (C=O) groups excluding carboxylic acids is 2. The molecule has 16 heteroatoms. The van der Waals surface area contributed by atoms with Crippen LogP contribution in [0.25, 0.3) is 11.1 Å². The van der Waals surface area contributed by atoms with E-state index in [0.717, 1.165) is 29.4 Å². The first-order chi connectivity index (χ1) is 26.5. The molecule has 0 spiro atoms. The van der Waals surface area contributed by atoms with Gasteiger partial charge in [0, 0.05) is 42.3 Å². The van der Waals surface area contributed by atoms with E-state index in [-0.39, 0.29) is 56.0 Å². The van der Waals surface area contributed by atoms with E-state index in [9.17, 15) is 44.4 Å². The minimum atomic E-state index is -1.59. The monoisotopic (exact) mass is 765 g/mol. The second kappa shape index (κ2) is 19.1. The number of amides is 1. The first kappa shape index (κ1) is 40.5. The third kappa shape index (κ3) is 10.3. The summed E-state index contributed by atoms with van der Waals surface area (Å²) in [7, 11) is 1.05. The lowest BCUT2D eigenvalue weighted by Crippen LogP contribution is -2.54. The zero-order valence-electron chi connectivity index (χ0n) is 30.0. The maximum Gasteiger partial charge on any atom is 0.407 e. The first-order valence-corrected chi connectivity index (χ1v) is 17.6. The summed E-state index contributed by atoms with van der Waals surface area (Å²) in [5, 5.41) is 41.6. The molecule has 294 valence electrons. The van der Waals surface area contributed by atoms with E-state index in [1.807, 2.05) is 36.4 Å². The van der Waals surface area contributed by atoms with Crippen molar-refractivity contribution in [2.75, 3.05) is 40.1 Å². The van der Waals surface area contributed by atoms with Crippen LogP contribution in [0.2, 0.25) is 0 Å². The van der Waals surface area contributed by atoms with E-state index >= 15 is 0 Å². The fourth-order valence-electron chi connectivity index (χ4n) is 7.15. The highest BCUT2D eigenvalue weighted by Crippen LogP contribution is 2.45. The van der Waals surface area contributed by atoms with Gasteiger partial charge in [0.15, 0.2) is 6.10 Å². The summed E-state index contributed by atoms with van der Waals surface area (Å²) in [6, 6.07) is 20.5. The van der Waals surface area contributed by atoms with Gasteiger partial charge in [0.25, 0.3) is 0 Å². The molecular weight excluding hydrogens is 722 g/mol. The molecular formula is C39H43NO15. The molecule has 16 nitrogen and oxygen atoms in total. The molecule has 55 heavy (non-hydrogen) atoms. The van der Waals surface area contributed by atoms with E-state index in [2.05, 4.69) is 17.4 Å². The Kier molecular flexibility index (Phi) is 14.0. The number of hydrogen-bond acceptors (Lipinski definition) is 12. The van der Waals surface area contributed by atoms with Gasteiger partial charge >= 0.3 is 30.0 Å². The predicted octanol–water partition coefficient (Wildman–Crippen LogP) is 3.66. The van der Waals surface area contributed by atoms with Gasteiger partial charge in [0.05, 0.1) is 39.8 Å². The summed E-state index contributed by atoms with van der Waals surface area (Å²) in [5.74, 6) is -8.48. The molecule has 2 aliphatic rings. The van der Waals surface area contributed by atoms with Crippen molar-refractivity contribution in [1.82, 2.24) is 5.32 Å². The minimum absolute atomic E-state index is 0.0111. The number of nitrogens with one attached hydrogen (secondary N) is 1. The number of aliphatic hydroxyl groups is 1. The zero-order chi connectivity index (χ0) is 39.5. The summed E-state index contributed by atoms with van der Waals surface area (Å²) in [4.78, 5) is 60.7. The van der Waals surface area contributed by atoms with Gasteiger partial charge in [-0.05, 0) is 40.3 Å². The largest absolute Gasteiger partial charge is 0.491 e. The Labute approximate surface area is 315 Å². The highest BCUT2D eigenvalue weighted by atomic mass is 16.7. The molecule has 1 aliphatic carbocycles. The van der Waals surface area contributed by atoms with Gasteiger partial charge in [-0.2, -0.15) is 0 Å². The maximum atomic E-state index is 12.7. The second-order valence-electron chi connectivity index (χ2n) is 13.0. The summed E-state index contributed by atoms with van der Waals surface area (Å²) in [5.41, 5.74) is 4.71. The van der Waals surface area contributed by atoms with Crippen LogP contribution < -0.4 is 14.8 Å². The van der Waals surface area contributed by atoms with Crippen molar-refractivity contribution in [3.05, 3.63) is 83.4 Å². The lowest BCUT2D eigenvalue weighted by molar-refractivity contribution is -0.233. The number of fused-ring (bicyclic) bond motifs is 3. The Morgan fingerprint density at radius 1 is 0.764 bits per heavy atom. The van der Waals surface area contributed by atoms with Gasteiger partial charge in [-0.3, -0.25) is 14.4 Å². The topological polar surface area (TPSA) is 234 Å². The van der Waals surface area contributed by atoms with Crippen molar-refractivity contribution in [3.8, 4) is 22.6 Å². The second-order valence-corrected chi connectivity index (χ2v) is 13.0. The van der Waals surface area contributed by atoms with Crippen molar-refractivity contribution in [3.63, 3.8) is 0 Å². The standard InChI is InChI=1S/C39H43NO15/c1-50-37(48)36-29(18-34(44)45)28(17-33(42)43)30(19-35(46)47)38(55-36)54-32-16-23(11-10-22(32)20-41)52-15-14-51-13-12-40-39(49)53-21-31-26-8-4-2-6-24(26)25-7-3-5-9-27(25)31/h2-11,16,28-31,36,38,41H,12-15,17-21H2,1H3,(H,40,49)(H,42,43)(H,44,45)(H,46,47)/t28-,29-,30+,36-,38+/m0/s1. The highest BCUT2D eigenvalue weighted by molar-refractivity contribution is 5.79. The number of carbonyl (C=O) groups is 5. The third-order valence-electron chi connectivity index (χ3n) is 9.59. The van der Waals surface area contributed by atoms with Crippen LogP contribution in [0.3, 0.4) is 0 Å². The minimum Gasteiger partial charge on any atom is -0.491 e. The van der Waals surface area contributed by atoms with E-state index in [0.29, 0.717) is 0 Å². The number of hydrogen-bond donors (Lipinski definition) is 5. The van der Waals surface area contributed by atoms with Gasteiger partial charge in [-0.15, -0.1) is 0 Å². The Morgan fingerprint density at radius 3 is 2.00 bits per heavy atom. The Balaban J connectivity index is 1.13. The van der Waals surface area contributed by atoms with Gasteiger partial charge in [0.1, 0.15) is 24.7 Å². The number of esters is 1. The Hall–Kier alpha value is -5.71. The number of methoxy groups -OCH3 is 1. The number of carboxylic acid groups (broad SMARTS) is 3. The normalized spacial score (nSPS) is 20.1. The van der Waals surface area contributed by atoms with Crippen LogP contribution in [0, 0.1) is 17.8 Å². The molecule has 0 saturated carbocycles. The third-order valence-corrected chi connectivity index (χ3v) is 9.59. The predicted molar refractivity (Wildman–Crippen MR) is 190 cm³/mol. The molecule has 1 fully saturated rings. The smallest absolute Gasteiger partial charge is 0.407 e. The molecule has 5 N–H and O–H groups in total. The lowest BCUT2D eigenvalue weighted by atomic mass is 9.71. The highest BCUT2D eigenvalue weighted by Gasteiger charge is 2.52. The van der Waals surface area contributed by atoms with Crippen molar-refractivity contribution >= 4 is 30.0 Å². The Morgan fingerprint density at radius 2 is 1.38 bits per heavy atom. The fourth-order valence-corrected chi connectivity index (χ4v) is 7.15. The van der Waals surface area contributed by atoms with E-state index in [1.165, 1.54) is 12.1 Å². The van der Waals surface area contributed by atoms with Crippen LogP contribution in [0.1, 0.15) is 41.9 Å². The van der Waals surface area contributed by atoms with E-state index < -0.39 is 86.0 Å². The van der Waals surface area contributed by atoms with Gasteiger partial charge in [0.2, 0.25) is 6.29 Å². The van der Waals surface area contributed by atoms with Crippen molar-refractivity contribution in [2.24, 2.45) is 17.8 Å². The molecule has 1 saturated heterocycles. The maximum absolute atomic E-state index is 12.7. The molecule has 0 unspecified atom stereocenters. The molecule has 5 rings (SSSR count). The SMILES string of the molecule is COC(=O)[C@H]1O[C@@H](Oc2cc(OCCOCCNC(=O)OCC3c4ccccc4-c4ccccc43)ccc2CO)[C@H](CC(=O)O)[C@@H](CC(=O)O)[C@@H]1CC(=O)O. The number of ether oxygens (including phenoxy) is 6. The molecule has 0 radical (unpaired) electrons. The van der Waals surface area contributed by atoms with Crippen LogP contribution in [0.4, 0.5) is 4.79 Å².